The van der Waals surface area contributed by atoms with Crippen molar-refractivity contribution in [1.29, 1.82) is 0 Å². The van der Waals surface area contributed by atoms with Gasteiger partial charge in [0.15, 0.2) is 0 Å². The van der Waals surface area contributed by atoms with Gasteiger partial charge in [-0.3, -0.25) is 0 Å². The number of aromatic amines is 1. The van der Waals surface area contributed by atoms with Crippen LogP contribution in [0.3, 0.4) is 0 Å². The first-order valence-corrected chi connectivity index (χ1v) is 5.18. The van der Waals surface area contributed by atoms with E-state index in [1.807, 2.05) is 18.5 Å². The highest BCUT2D eigenvalue weighted by Crippen LogP contribution is 2.62. The highest BCUT2D eigenvalue weighted by Gasteiger charge is 2.55. The van der Waals surface area contributed by atoms with Crippen LogP contribution in [0.4, 0.5) is 0 Å². The number of aliphatic hydroxyl groups excluding tert-OH is 1. The lowest BCUT2D eigenvalue weighted by Crippen LogP contribution is -2.02. The molecule has 3 rings (SSSR count). The van der Waals surface area contributed by atoms with Crippen molar-refractivity contribution >= 4 is 0 Å². The molecule has 2 N–H and O–H groups in total. The normalized spacial score (nSPS) is 38.7. The average Bonchev–Trinajstić information content (AvgIpc) is 2.68. The largest absolute Gasteiger partial charge is 0.388 e. The monoisotopic (exact) mass is 177 g/mol. The number of rotatable bonds is 2. The van der Waals surface area contributed by atoms with Crippen LogP contribution in [0.25, 0.3) is 0 Å². The van der Waals surface area contributed by atoms with E-state index in [0.717, 1.165) is 17.4 Å². The summed E-state index contributed by atoms with van der Waals surface area (Å²) < 4.78 is 0. The van der Waals surface area contributed by atoms with Gasteiger partial charge in [0.25, 0.3) is 0 Å². The van der Waals surface area contributed by atoms with Crippen LogP contribution in [0.5, 0.6) is 0 Å². The number of aliphatic hydroxyl groups is 1. The summed E-state index contributed by atoms with van der Waals surface area (Å²) in [6, 6.07) is 1.98. The van der Waals surface area contributed by atoms with E-state index < -0.39 is 0 Å². The van der Waals surface area contributed by atoms with Crippen molar-refractivity contribution in [3.05, 3.63) is 24.0 Å². The summed E-state index contributed by atoms with van der Waals surface area (Å²) in [6.45, 7) is 0. The van der Waals surface area contributed by atoms with Gasteiger partial charge in [0, 0.05) is 12.4 Å². The number of H-pyrrole nitrogens is 1. The van der Waals surface area contributed by atoms with E-state index in [0.29, 0.717) is 5.92 Å². The number of fused-ring (bicyclic) bond motifs is 1. The van der Waals surface area contributed by atoms with Crippen molar-refractivity contribution in [2.75, 3.05) is 0 Å². The van der Waals surface area contributed by atoms with Gasteiger partial charge < -0.3 is 10.1 Å². The third-order valence-corrected chi connectivity index (χ3v) is 3.80. The lowest BCUT2D eigenvalue weighted by molar-refractivity contribution is 0.137. The molecule has 1 heterocycles. The van der Waals surface area contributed by atoms with Crippen LogP contribution in [0.2, 0.25) is 0 Å². The Morgan fingerprint density at radius 3 is 2.77 bits per heavy atom. The van der Waals surface area contributed by atoms with E-state index >= 15 is 0 Å². The molecular formula is C11H15NO. The predicted octanol–water partition coefficient (Wildman–Crippen LogP) is 2.09. The van der Waals surface area contributed by atoms with Crippen molar-refractivity contribution < 1.29 is 5.11 Å². The van der Waals surface area contributed by atoms with Crippen LogP contribution in [-0.2, 0) is 0 Å². The SMILES string of the molecule is OC(c1cc[nH]c1)C1C2CCCC21. The smallest absolute Gasteiger partial charge is 0.0838 e. The van der Waals surface area contributed by atoms with E-state index in [1.165, 1.54) is 19.3 Å². The summed E-state index contributed by atoms with van der Waals surface area (Å²) in [5, 5.41) is 10.0. The molecule has 2 aliphatic carbocycles. The van der Waals surface area contributed by atoms with Gasteiger partial charge >= 0.3 is 0 Å². The van der Waals surface area contributed by atoms with Crippen molar-refractivity contribution in [3.63, 3.8) is 0 Å². The van der Waals surface area contributed by atoms with Crippen molar-refractivity contribution in [2.24, 2.45) is 17.8 Å². The fraction of sp³-hybridized carbons (Fsp3) is 0.636. The van der Waals surface area contributed by atoms with E-state index in [9.17, 15) is 5.11 Å². The lowest BCUT2D eigenvalue weighted by Gasteiger charge is -2.10. The molecule has 2 saturated carbocycles. The first-order chi connectivity index (χ1) is 6.38. The van der Waals surface area contributed by atoms with Gasteiger partial charge in [-0.1, -0.05) is 6.42 Å². The van der Waals surface area contributed by atoms with Crippen LogP contribution in [0.15, 0.2) is 18.5 Å². The second-order valence-corrected chi connectivity index (χ2v) is 4.43. The van der Waals surface area contributed by atoms with Crippen LogP contribution in [-0.4, -0.2) is 10.1 Å². The standard InChI is InChI=1S/C11H15NO/c13-11(7-4-5-12-6-7)10-8-2-1-3-9(8)10/h4-6,8-13H,1-3H2. The van der Waals surface area contributed by atoms with Crippen LogP contribution in [0, 0.1) is 17.8 Å². The minimum absolute atomic E-state index is 0.207. The third kappa shape index (κ3) is 1.05. The molecular weight excluding hydrogens is 162 g/mol. The first kappa shape index (κ1) is 7.63. The molecule has 0 spiro atoms. The second kappa shape index (κ2) is 2.61. The predicted molar refractivity (Wildman–Crippen MR) is 50.1 cm³/mol. The Morgan fingerprint density at radius 1 is 1.38 bits per heavy atom. The van der Waals surface area contributed by atoms with Gasteiger partial charge in [0.2, 0.25) is 0 Å². The Hall–Kier alpha value is -0.760. The quantitative estimate of drug-likeness (QED) is 0.713. The fourth-order valence-corrected chi connectivity index (χ4v) is 3.09. The molecule has 3 atom stereocenters. The van der Waals surface area contributed by atoms with Gasteiger partial charge in [0.05, 0.1) is 6.10 Å². The minimum Gasteiger partial charge on any atom is -0.388 e. The maximum atomic E-state index is 10.0. The number of aromatic nitrogens is 1. The molecule has 0 amide bonds. The second-order valence-electron chi connectivity index (χ2n) is 4.43. The molecule has 13 heavy (non-hydrogen) atoms. The van der Waals surface area contributed by atoms with Crippen molar-refractivity contribution in [2.45, 2.75) is 25.4 Å². The molecule has 0 aliphatic heterocycles. The minimum atomic E-state index is -0.207. The van der Waals surface area contributed by atoms with Gasteiger partial charge in [-0.15, -0.1) is 0 Å². The lowest BCUT2D eigenvalue weighted by atomic mass is 10.0. The maximum Gasteiger partial charge on any atom is 0.0838 e. The van der Waals surface area contributed by atoms with Gasteiger partial charge in [-0.05, 0) is 42.2 Å². The summed E-state index contributed by atoms with van der Waals surface area (Å²) in [5.74, 6) is 2.25. The number of hydrogen-bond acceptors (Lipinski definition) is 1. The Labute approximate surface area is 78.0 Å². The zero-order valence-corrected chi connectivity index (χ0v) is 7.61. The van der Waals surface area contributed by atoms with Gasteiger partial charge in [-0.25, -0.2) is 0 Å². The van der Waals surface area contributed by atoms with Crippen molar-refractivity contribution in [1.82, 2.24) is 4.98 Å². The summed E-state index contributed by atoms with van der Waals surface area (Å²) in [5.41, 5.74) is 1.07. The topological polar surface area (TPSA) is 36.0 Å². The summed E-state index contributed by atoms with van der Waals surface area (Å²) in [7, 11) is 0. The Morgan fingerprint density at radius 2 is 2.15 bits per heavy atom. The molecule has 0 radical (unpaired) electrons. The summed E-state index contributed by atoms with van der Waals surface area (Å²) in [4.78, 5) is 3.00. The van der Waals surface area contributed by atoms with Crippen LogP contribution >= 0.6 is 0 Å². The molecule has 2 heteroatoms. The molecule has 0 saturated heterocycles. The molecule has 2 aliphatic rings. The highest BCUT2D eigenvalue weighted by molar-refractivity contribution is 5.18. The molecule has 0 bridgehead atoms. The fourth-order valence-electron chi connectivity index (χ4n) is 3.09. The molecule has 2 nitrogen and oxygen atoms in total. The first-order valence-electron chi connectivity index (χ1n) is 5.18. The van der Waals surface area contributed by atoms with E-state index in [1.54, 1.807) is 0 Å². The molecule has 1 aromatic heterocycles. The number of nitrogens with one attached hydrogen (secondary N) is 1. The molecule has 2 fully saturated rings. The third-order valence-electron chi connectivity index (χ3n) is 3.80. The van der Waals surface area contributed by atoms with E-state index in [-0.39, 0.29) is 6.10 Å². The van der Waals surface area contributed by atoms with Crippen LogP contribution < -0.4 is 0 Å². The molecule has 1 aromatic rings. The van der Waals surface area contributed by atoms with Gasteiger partial charge in [0.1, 0.15) is 0 Å². The summed E-state index contributed by atoms with van der Waals surface area (Å²) in [6.07, 6.45) is 7.66. The molecule has 3 unspecified atom stereocenters. The maximum absolute atomic E-state index is 10.0. The van der Waals surface area contributed by atoms with E-state index in [2.05, 4.69) is 4.98 Å². The van der Waals surface area contributed by atoms with Gasteiger partial charge in [-0.2, -0.15) is 0 Å². The van der Waals surface area contributed by atoms with Crippen LogP contribution in [0.1, 0.15) is 30.9 Å². The summed E-state index contributed by atoms with van der Waals surface area (Å²) >= 11 is 0. The average molecular weight is 177 g/mol. The molecule has 0 aromatic carbocycles. The highest BCUT2D eigenvalue weighted by atomic mass is 16.3. The zero-order chi connectivity index (χ0) is 8.84. The Kier molecular flexibility index (Phi) is 1.53. The zero-order valence-electron chi connectivity index (χ0n) is 7.61. The Balaban J connectivity index is 1.74. The molecule has 70 valence electrons. The number of hydrogen-bond donors (Lipinski definition) is 2. The Bertz CT molecular complexity index is 283. The van der Waals surface area contributed by atoms with E-state index in [4.69, 9.17) is 0 Å². The van der Waals surface area contributed by atoms with Crippen molar-refractivity contribution in [3.8, 4) is 0 Å².